The van der Waals surface area contributed by atoms with Gasteiger partial charge in [-0.1, -0.05) is 79.4 Å². The smallest absolute Gasteiger partial charge is 0.455 e. The van der Waals surface area contributed by atoms with Crippen molar-refractivity contribution in [3.05, 3.63) is 123 Å². The van der Waals surface area contributed by atoms with E-state index >= 15 is 13.2 Å². The molecule has 2 N–H and O–H groups in total. The van der Waals surface area contributed by atoms with Gasteiger partial charge < -0.3 is 14.8 Å². The summed E-state index contributed by atoms with van der Waals surface area (Å²) in [4.78, 5) is 62.6. The molecule has 0 spiro atoms. The van der Waals surface area contributed by atoms with E-state index < -0.39 is 67.8 Å². The topological polar surface area (TPSA) is 169 Å². The van der Waals surface area contributed by atoms with Crippen molar-refractivity contribution in [2.24, 2.45) is 0 Å². The fraction of sp³-hybridized carbons (Fsp3) is 0.310. The number of amides is 4. The summed E-state index contributed by atoms with van der Waals surface area (Å²) in [6.07, 6.45) is -2.43. The third kappa shape index (κ3) is 8.84. The number of fused-ring (bicyclic) bond motifs is 1. The van der Waals surface area contributed by atoms with Crippen LogP contribution in [0.2, 0.25) is 5.02 Å². The number of hydrogen-bond acceptors (Lipinski definition) is 9. The van der Waals surface area contributed by atoms with Crippen LogP contribution in [0.5, 0.6) is 11.5 Å². The van der Waals surface area contributed by atoms with Crippen LogP contribution in [-0.2, 0) is 37.2 Å². The molecule has 1 saturated heterocycles. The molecule has 1 saturated carbocycles. The minimum absolute atomic E-state index is 0.0860. The normalized spacial score (nSPS) is 16.9. The van der Waals surface area contributed by atoms with E-state index in [9.17, 15) is 27.6 Å². The highest BCUT2D eigenvalue weighted by Gasteiger charge is 2.54. The third-order valence-corrected chi connectivity index (χ3v) is 12.2. The van der Waals surface area contributed by atoms with Gasteiger partial charge in [-0.05, 0) is 86.3 Å². The number of sulfonamides is 1. The number of nitrogens with zero attached hydrogens (tertiary/aromatic N) is 4. The van der Waals surface area contributed by atoms with Gasteiger partial charge in [-0.25, -0.2) is 32.4 Å². The maximum atomic E-state index is 15.2. The predicted octanol–water partition coefficient (Wildman–Crippen LogP) is 7.78. The second-order valence-corrected chi connectivity index (χ2v) is 16.7. The largest absolute Gasteiger partial charge is 0.492 e. The first kappa shape index (κ1) is 43.3. The number of hydrogen-bond donors (Lipinski definition) is 2. The Balaban J connectivity index is 1.41. The summed E-state index contributed by atoms with van der Waals surface area (Å²) in [5, 5.41) is 1.79. The number of imide groups is 1. The highest BCUT2D eigenvalue weighted by Crippen LogP contribution is 2.42. The second kappa shape index (κ2) is 17.6. The van der Waals surface area contributed by atoms with E-state index in [-0.39, 0.29) is 50.8 Å². The molecule has 0 bridgehead atoms. The van der Waals surface area contributed by atoms with Crippen LogP contribution in [0.15, 0.2) is 101 Å². The Hall–Kier alpha value is -5.82. The number of urea groups is 1. The molecular weight excluding hydrogens is 841 g/mol. The Morgan fingerprint density at radius 1 is 0.934 bits per heavy atom. The summed E-state index contributed by atoms with van der Waals surface area (Å²) in [6, 6.07) is 18.5. The summed E-state index contributed by atoms with van der Waals surface area (Å²) >= 11 is 6.05. The summed E-state index contributed by atoms with van der Waals surface area (Å²) in [5.74, 6) is -3.68. The van der Waals surface area contributed by atoms with Crippen LogP contribution < -0.4 is 20.3 Å². The SMILES string of the molecule is CCOC1C(=O)N(C(C(=O)Nc2cc(S(=O)(=O)NC)ccc2Oc2ccccc2C2CCCCC2)c2nc3ccc(Cl)cc3c(=O)n2C(F)(F)F)C(=O)N1Cc1ccccc1. The van der Waals surface area contributed by atoms with E-state index in [4.69, 9.17) is 21.1 Å². The third-order valence-electron chi connectivity index (χ3n) is 10.5. The molecule has 1 aromatic heterocycles. The molecule has 4 aromatic carbocycles. The molecule has 1 aliphatic carbocycles. The zero-order valence-electron chi connectivity index (χ0n) is 32.8. The Bertz CT molecular complexity index is 2660. The molecule has 1 aliphatic heterocycles. The van der Waals surface area contributed by atoms with Crippen LogP contribution in [0.1, 0.15) is 67.9 Å². The maximum absolute atomic E-state index is 15.2. The average Bonchev–Trinajstić information content (AvgIpc) is 3.46. The van der Waals surface area contributed by atoms with Crippen molar-refractivity contribution in [3.63, 3.8) is 0 Å². The molecule has 14 nitrogen and oxygen atoms in total. The first-order valence-corrected chi connectivity index (χ1v) is 21.2. The summed E-state index contributed by atoms with van der Waals surface area (Å²) in [6.45, 7) is 1.14. The van der Waals surface area contributed by atoms with Gasteiger partial charge >= 0.3 is 12.3 Å². The number of anilines is 1. The van der Waals surface area contributed by atoms with Gasteiger partial charge in [0.2, 0.25) is 16.3 Å². The Morgan fingerprint density at radius 2 is 1.64 bits per heavy atom. The number of carbonyl (C=O) groups is 3. The maximum Gasteiger partial charge on any atom is 0.492 e. The highest BCUT2D eigenvalue weighted by atomic mass is 35.5. The molecule has 7 rings (SSSR count). The number of benzene rings is 4. The van der Waals surface area contributed by atoms with Crippen LogP contribution in [0.25, 0.3) is 10.9 Å². The minimum Gasteiger partial charge on any atom is -0.455 e. The van der Waals surface area contributed by atoms with Crippen LogP contribution in [0.4, 0.5) is 23.7 Å². The Kier molecular flexibility index (Phi) is 12.5. The lowest BCUT2D eigenvalue weighted by Crippen LogP contribution is -2.47. The van der Waals surface area contributed by atoms with Crippen molar-refractivity contribution in [3.8, 4) is 11.5 Å². The molecule has 2 unspecified atom stereocenters. The lowest BCUT2D eigenvalue weighted by Gasteiger charge is -2.28. The average molecular weight is 881 g/mol. The zero-order chi connectivity index (χ0) is 43.6. The van der Waals surface area contributed by atoms with E-state index in [2.05, 4.69) is 15.0 Å². The van der Waals surface area contributed by atoms with Crippen molar-refractivity contribution < 1.29 is 45.4 Å². The monoisotopic (exact) mass is 880 g/mol. The number of nitrogens with one attached hydrogen (secondary N) is 2. The molecule has 2 fully saturated rings. The quantitative estimate of drug-likeness (QED) is 0.112. The van der Waals surface area contributed by atoms with Gasteiger partial charge in [-0.2, -0.15) is 0 Å². The molecule has 19 heteroatoms. The fourth-order valence-electron chi connectivity index (χ4n) is 7.65. The number of carbonyl (C=O) groups excluding carboxylic acids is 3. The van der Waals surface area contributed by atoms with Crippen LogP contribution in [0, 0.1) is 0 Å². The summed E-state index contributed by atoms with van der Waals surface area (Å²) in [7, 11) is -3.05. The zero-order valence-corrected chi connectivity index (χ0v) is 34.4. The first-order chi connectivity index (χ1) is 29.1. The molecule has 0 radical (unpaired) electrons. The molecule has 2 heterocycles. The standard InChI is InChI=1S/C42H40ClF3N6O8S/c1-3-59-40-39(55)51(41(56)50(40)24-25-12-6-4-7-13-25)35(36-48-31-20-18-27(43)22-30(31)38(54)52(36)42(44,45)46)37(53)49-32-23-28(61(57,58)47-2)19-21-34(32)60-33-17-11-10-16-29(33)26-14-8-5-9-15-26/h4,6-7,10-13,16-23,26,35,40,47H,3,5,8-9,14-15,24H2,1-2H3,(H,49,53). The minimum atomic E-state index is -5.57. The number of ether oxygens (including phenoxy) is 2. The number of para-hydroxylation sites is 1. The van der Waals surface area contributed by atoms with Gasteiger partial charge in [0, 0.05) is 11.6 Å². The lowest BCUT2D eigenvalue weighted by atomic mass is 9.84. The van der Waals surface area contributed by atoms with Gasteiger partial charge in [0.05, 0.1) is 28.0 Å². The van der Waals surface area contributed by atoms with Crippen molar-refractivity contribution in [1.29, 1.82) is 0 Å². The number of rotatable bonds is 13. The van der Waals surface area contributed by atoms with Gasteiger partial charge in [0.15, 0.2) is 17.6 Å². The Morgan fingerprint density at radius 3 is 2.33 bits per heavy atom. The van der Waals surface area contributed by atoms with Crippen molar-refractivity contribution in [1.82, 2.24) is 24.1 Å². The van der Waals surface area contributed by atoms with E-state index in [1.165, 1.54) is 25.1 Å². The van der Waals surface area contributed by atoms with Gasteiger partial charge in [0.1, 0.15) is 5.75 Å². The molecule has 2 atom stereocenters. The molecule has 4 amide bonds. The van der Waals surface area contributed by atoms with Crippen LogP contribution in [0.3, 0.4) is 0 Å². The van der Waals surface area contributed by atoms with E-state index in [0.717, 1.165) is 67.8 Å². The summed E-state index contributed by atoms with van der Waals surface area (Å²) < 4.78 is 85.2. The number of aromatic nitrogens is 2. The van der Waals surface area contributed by atoms with Gasteiger partial charge in [-0.3, -0.25) is 19.3 Å². The molecule has 320 valence electrons. The lowest BCUT2D eigenvalue weighted by molar-refractivity contribution is -0.209. The van der Waals surface area contributed by atoms with Crippen molar-refractivity contribution in [2.45, 2.75) is 75.0 Å². The predicted molar refractivity (Wildman–Crippen MR) is 218 cm³/mol. The van der Waals surface area contributed by atoms with Crippen LogP contribution in [-0.4, -0.2) is 65.5 Å². The van der Waals surface area contributed by atoms with E-state index in [1.54, 1.807) is 42.5 Å². The van der Waals surface area contributed by atoms with Crippen molar-refractivity contribution in [2.75, 3.05) is 19.0 Å². The number of alkyl halides is 3. The highest BCUT2D eigenvalue weighted by molar-refractivity contribution is 7.89. The fourth-order valence-corrected chi connectivity index (χ4v) is 8.58. The first-order valence-electron chi connectivity index (χ1n) is 19.4. The molecular formula is C42H40ClF3N6O8S. The van der Waals surface area contributed by atoms with Crippen molar-refractivity contribution >= 4 is 56.1 Å². The van der Waals surface area contributed by atoms with Gasteiger partial charge in [0.25, 0.3) is 17.4 Å². The van der Waals surface area contributed by atoms with E-state index in [1.807, 2.05) is 12.1 Å². The number of halogens is 4. The molecule has 2 aliphatic rings. The van der Waals surface area contributed by atoms with Crippen LogP contribution >= 0.6 is 11.6 Å². The Labute approximate surface area is 353 Å². The van der Waals surface area contributed by atoms with Gasteiger partial charge in [-0.15, -0.1) is 13.2 Å². The molecule has 61 heavy (non-hydrogen) atoms. The molecule has 5 aromatic rings. The summed E-state index contributed by atoms with van der Waals surface area (Å²) in [5.41, 5.74) is -1.02. The second-order valence-electron chi connectivity index (χ2n) is 14.4. The van der Waals surface area contributed by atoms with E-state index in [0.29, 0.717) is 11.3 Å².